The highest BCUT2D eigenvalue weighted by Gasteiger charge is 2.36. The summed E-state index contributed by atoms with van der Waals surface area (Å²) in [6, 6.07) is 4.81. The molecule has 1 N–H and O–H groups in total. The molecule has 0 atom stereocenters. The molecule has 8 nitrogen and oxygen atoms in total. The van der Waals surface area contributed by atoms with Gasteiger partial charge in [0.15, 0.2) is 0 Å². The molecule has 5 rings (SSSR count). The smallest absolute Gasteiger partial charge is 0.283 e. The van der Waals surface area contributed by atoms with Crippen molar-refractivity contribution in [1.82, 2.24) is 24.1 Å². The predicted octanol–water partition coefficient (Wildman–Crippen LogP) is 5.05. The number of hydrogen-bond donors (Lipinski definition) is 1. The number of aromatic nitrogens is 4. The second-order valence-electron chi connectivity index (χ2n) is 12.2. The normalized spacial score (nSPS) is 18.8. The van der Waals surface area contributed by atoms with Crippen LogP contribution in [0.3, 0.4) is 0 Å². The first-order chi connectivity index (χ1) is 18.3. The summed E-state index contributed by atoms with van der Waals surface area (Å²) >= 11 is 0. The molecule has 2 aliphatic carbocycles. The molecular weight excluding hydrogens is 524 g/mol. The zero-order valence-electron chi connectivity index (χ0n) is 22.8. The summed E-state index contributed by atoms with van der Waals surface area (Å²) in [7, 11) is -4.00. The van der Waals surface area contributed by atoms with Crippen molar-refractivity contribution in [2.24, 2.45) is 11.8 Å². The molecule has 0 saturated heterocycles. The standard InChI is InChI=1S/C28H37F2N5O3S/c1-27(2,3)26-33-23-14-22(7-8-24(23)34(26)17-20-9-11-28(29,30)12-10-20)39(37,38)35-18-21(16-32-35)13-25(36)31-15-19-5-4-6-19/h7-8,14,16,18-20H,4-6,9-13,15,17H2,1-3H3,(H,31,36). The van der Waals surface area contributed by atoms with Crippen LogP contribution in [0.15, 0.2) is 35.5 Å². The maximum absolute atomic E-state index is 13.7. The van der Waals surface area contributed by atoms with E-state index in [0.29, 0.717) is 42.9 Å². The highest BCUT2D eigenvalue weighted by atomic mass is 32.2. The molecule has 39 heavy (non-hydrogen) atoms. The van der Waals surface area contributed by atoms with Gasteiger partial charge in [-0.1, -0.05) is 27.2 Å². The molecule has 2 heterocycles. The average molecular weight is 562 g/mol. The van der Waals surface area contributed by atoms with Crippen LogP contribution >= 0.6 is 0 Å². The zero-order chi connectivity index (χ0) is 28.0. The number of carbonyl (C=O) groups excluding carboxylic acids is 1. The van der Waals surface area contributed by atoms with Gasteiger partial charge in [-0.2, -0.15) is 17.6 Å². The van der Waals surface area contributed by atoms with Gasteiger partial charge in [0.05, 0.1) is 28.5 Å². The second-order valence-corrected chi connectivity index (χ2v) is 14.0. The van der Waals surface area contributed by atoms with Gasteiger partial charge in [0, 0.05) is 43.1 Å². The van der Waals surface area contributed by atoms with Gasteiger partial charge in [-0.05, 0) is 55.7 Å². The minimum absolute atomic E-state index is 0.0431. The number of halogens is 2. The maximum Gasteiger partial charge on any atom is 0.283 e. The SMILES string of the molecule is CC(C)(C)c1nc2cc(S(=O)(=O)n3cc(CC(=O)NCC4CCC4)cn3)ccc2n1CC1CCC(F)(F)CC1. The Hall–Kier alpha value is -2.82. The van der Waals surface area contributed by atoms with Crippen LogP contribution in [-0.2, 0) is 33.2 Å². The van der Waals surface area contributed by atoms with Crippen LogP contribution in [0.5, 0.6) is 0 Å². The minimum Gasteiger partial charge on any atom is -0.356 e. The number of nitrogens with zero attached hydrogens (tertiary/aromatic N) is 4. The van der Waals surface area contributed by atoms with Gasteiger partial charge >= 0.3 is 0 Å². The van der Waals surface area contributed by atoms with E-state index < -0.39 is 15.9 Å². The lowest BCUT2D eigenvalue weighted by Crippen LogP contribution is -2.33. The van der Waals surface area contributed by atoms with E-state index in [-0.39, 0.29) is 41.4 Å². The van der Waals surface area contributed by atoms with E-state index >= 15 is 0 Å². The first-order valence-corrected chi connectivity index (χ1v) is 15.2. The molecule has 2 fully saturated rings. The van der Waals surface area contributed by atoms with Gasteiger partial charge in [-0.25, -0.2) is 13.8 Å². The lowest BCUT2D eigenvalue weighted by molar-refractivity contribution is -0.120. The Labute approximate surface area is 228 Å². The van der Waals surface area contributed by atoms with Gasteiger partial charge in [-0.3, -0.25) is 4.79 Å². The first kappa shape index (κ1) is 27.7. The Kier molecular flexibility index (Phi) is 7.32. The number of alkyl halides is 2. The summed E-state index contributed by atoms with van der Waals surface area (Å²) < 4.78 is 57.2. The molecule has 2 aliphatic rings. The lowest BCUT2D eigenvalue weighted by atomic mass is 9.85. The molecule has 0 spiro atoms. The quantitative estimate of drug-likeness (QED) is 0.415. The van der Waals surface area contributed by atoms with E-state index in [1.54, 1.807) is 6.07 Å². The molecule has 11 heteroatoms. The Morgan fingerprint density at radius 3 is 2.49 bits per heavy atom. The fourth-order valence-corrected chi connectivity index (χ4v) is 6.60. The van der Waals surface area contributed by atoms with Gasteiger partial charge < -0.3 is 9.88 Å². The number of benzene rings is 1. The lowest BCUT2D eigenvalue weighted by Gasteiger charge is -2.30. The summed E-state index contributed by atoms with van der Waals surface area (Å²) in [4.78, 5) is 17.1. The molecular formula is C28H37F2N5O3S. The van der Waals surface area contributed by atoms with Crippen LogP contribution in [0, 0.1) is 11.8 Å². The van der Waals surface area contributed by atoms with Crippen molar-refractivity contribution in [2.75, 3.05) is 6.54 Å². The Morgan fingerprint density at radius 2 is 1.85 bits per heavy atom. The number of rotatable bonds is 8. The highest BCUT2D eigenvalue weighted by molar-refractivity contribution is 7.89. The van der Waals surface area contributed by atoms with Crippen LogP contribution in [-0.4, -0.2) is 45.5 Å². The number of carbonyl (C=O) groups is 1. The van der Waals surface area contributed by atoms with Gasteiger partial charge in [0.1, 0.15) is 5.82 Å². The number of amides is 1. The topological polar surface area (TPSA) is 98.9 Å². The third kappa shape index (κ3) is 6.02. The molecule has 0 radical (unpaired) electrons. The van der Waals surface area contributed by atoms with Crippen molar-refractivity contribution in [1.29, 1.82) is 0 Å². The van der Waals surface area contributed by atoms with Gasteiger partial charge in [0.25, 0.3) is 10.0 Å². The van der Waals surface area contributed by atoms with E-state index in [2.05, 4.69) is 15.0 Å². The summed E-state index contributed by atoms with van der Waals surface area (Å²) in [5.74, 6) is -1.29. The van der Waals surface area contributed by atoms with Crippen LogP contribution in [0.4, 0.5) is 8.78 Å². The van der Waals surface area contributed by atoms with E-state index in [9.17, 15) is 22.0 Å². The average Bonchev–Trinajstić information content (AvgIpc) is 3.44. The summed E-state index contributed by atoms with van der Waals surface area (Å²) in [6.07, 6.45) is 7.00. The minimum atomic E-state index is -4.00. The fraction of sp³-hybridized carbons (Fsp3) is 0.607. The summed E-state index contributed by atoms with van der Waals surface area (Å²) in [5.41, 5.74) is 1.50. The molecule has 2 saturated carbocycles. The fourth-order valence-electron chi connectivity index (χ4n) is 5.44. The molecule has 1 aromatic carbocycles. The van der Waals surface area contributed by atoms with Crippen molar-refractivity contribution in [3.05, 3.63) is 42.0 Å². The van der Waals surface area contributed by atoms with E-state index in [0.717, 1.165) is 28.3 Å². The number of fused-ring (bicyclic) bond motifs is 1. The zero-order valence-corrected chi connectivity index (χ0v) is 23.6. The molecule has 0 aliphatic heterocycles. The number of imidazole rings is 1. The Bertz CT molecular complexity index is 1460. The number of hydrogen-bond acceptors (Lipinski definition) is 5. The Morgan fingerprint density at radius 1 is 1.13 bits per heavy atom. The monoisotopic (exact) mass is 561 g/mol. The summed E-state index contributed by atoms with van der Waals surface area (Å²) in [5, 5.41) is 6.95. The molecule has 0 bridgehead atoms. The van der Waals surface area contributed by atoms with Crippen LogP contribution in [0.1, 0.15) is 77.1 Å². The number of nitrogens with one attached hydrogen (secondary N) is 1. The highest BCUT2D eigenvalue weighted by Crippen LogP contribution is 2.38. The molecule has 0 unspecified atom stereocenters. The molecule has 212 valence electrons. The summed E-state index contributed by atoms with van der Waals surface area (Å²) in [6.45, 7) is 7.32. The molecule has 2 aromatic heterocycles. The van der Waals surface area contributed by atoms with E-state index in [1.165, 1.54) is 30.9 Å². The predicted molar refractivity (Wildman–Crippen MR) is 144 cm³/mol. The molecule has 3 aromatic rings. The van der Waals surface area contributed by atoms with E-state index in [1.807, 2.05) is 20.8 Å². The van der Waals surface area contributed by atoms with Crippen LogP contribution < -0.4 is 5.32 Å². The Balaban J connectivity index is 1.36. The van der Waals surface area contributed by atoms with Gasteiger partial charge in [0.2, 0.25) is 11.8 Å². The second kappa shape index (κ2) is 10.3. The van der Waals surface area contributed by atoms with Crippen molar-refractivity contribution < 1.29 is 22.0 Å². The van der Waals surface area contributed by atoms with Crippen molar-refractivity contribution in [2.45, 2.75) is 94.9 Å². The van der Waals surface area contributed by atoms with Crippen molar-refractivity contribution in [3.63, 3.8) is 0 Å². The third-order valence-electron chi connectivity index (χ3n) is 8.00. The van der Waals surface area contributed by atoms with E-state index in [4.69, 9.17) is 4.98 Å². The first-order valence-electron chi connectivity index (χ1n) is 13.8. The maximum atomic E-state index is 13.7. The largest absolute Gasteiger partial charge is 0.356 e. The van der Waals surface area contributed by atoms with Crippen LogP contribution in [0.2, 0.25) is 0 Å². The third-order valence-corrected chi connectivity index (χ3v) is 9.54. The van der Waals surface area contributed by atoms with Crippen molar-refractivity contribution >= 4 is 27.0 Å². The van der Waals surface area contributed by atoms with Gasteiger partial charge in [-0.15, -0.1) is 0 Å². The van der Waals surface area contributed by atoms with Crippen LogP contribution in [0.25, 0.3) is 11.0 Å². The molecule has 1 amide bonds. The van der Waals surface area contributed by atoms with Crippen molar-refractivity contribution in [3.8, 4) is 0 Å².